The van der Waals surface area contributed by atoms with Gasteiger partial charge >= 0.3 is 0 Å². The molecule has 0 spiro atoms. The second-order valence-corrected chi connectivity index (χ2v) is 5.70. The van der Waals surface area contributed by atoms with E-state index in [-0.39, 0.29) is 12.8 Å². The van der Waals surface area contributed by atoms with E-state index in [9.17, 15) is 5.26 Å². The van der Waals surface area contributed by atoms with Crippen molar-refractivity contribution in [3.05, 3.63) is 52.0 Å². The summed E-state index contributed by atoms with van der Waals surface area (Å²) in [6, 6.07) is 13.6. The van der Waals surface area contributed by atoms with Crippen LogP contribution in [0.1, 0.15) is 24.1 Å². The van der Waals surface area contributed by atoms with E-state index in [1.54, 1.807) is 6.07 Å². The van der Waals surface area contributed by atoms with Crippen LogP contribution in [0.4, 0.5) is 5.69 Å². The molecule has 2 aromatic rings. The van der Waals surface area contributed by atoms with Gasteiger partial charge in [0.05, 0.1) is 11.3 Å². The SMILES string of the molecule is CC(Nc1cc(Br)ccc1C#N)c1ccc2c(c1)OCO2. The fourth-order valence-electron chi connectivity index (χ4n) is 2.23. The number of nitrogens with one attached hydrogen (secondary N) is 1. The highest BCUT2D eigenvalue weighted by atomic mass is 79.9. The van der Waals surface area contributed by atoms with Gasteiger partial charge in [0.15, 0.2) is 11.5 Å². The third-order valence-corrected chi connectivity index (χ3v) is 3.86. The molecule has 1 N–H and O–H groups in total. The van der Waals surface area contributed by atoms with E-state index in [4.69, 9.17) is 9.47 Å². The first-order chi connectivity index (χ1) is 10.2. The summed E-state index contributed by atoms with van der Waals surface area (Å²) in [7, 11) is 0. The average molecular weight is 345 g/mol. The Bertz CT molecular complexity index is 725. The van der Waals surface area contributed by atoms with Crippen LogP contribution in [0.15, 0.2) is 40.9 Å². The van der Waals surface area contributed by atoms with Crippen molar-refractivity contribution in [3.8, 4) is 17.6 Å². The average Bonchev–Trinajstić information content (AvgIpc) is 2.94. The second-order valence-electron chi connectivity index (χ2n) is 4.78. The van der Waals surface area contributed by atoms with Crippen LogP contribution in [-0.2, 0) is 0 Å². The van der Waals surface area contributed by atoms with Crippen LogP contribution in [0.5, 0.6) is 11.5 Å². The minimum Gasteiger partial charge on any atom is -0.454 e. The highest BCUT2D eigenvalue weighted by Crippen LogP contribution is 2.35. The lowest BCUT2D eigenvalue weighted by atomic mass is 10.1. The van der Waals surface area contributed by atoms with Crippen LogP contribution in [0, 0.1) is 11.3 Å². The van der Waals surface area contributed by atoms with Crippen LogP contribution < -0.4 is 14.8 Å². The molecule has 0 aliphatic carbocycles. The lowest BCUT2D eigenvalue weighted by Crippen LogP contribution is -2.07. The highest BCUT2D eigenvalue weighted by Gasteiger charge is 2.16. The summed E-state index contributed by atoms with van der Waals surface area (Å²) in [5.74, 6) is 1.53. The Morgan fingerprint density at radius 2 is 2.00 bits per heavy atom. The quantitative estimate of drug-likeness (QED) is 0.905. The van der Waals surface area contributed by atoms with Gasteiger partial charge in [0.1, 0.15) is 6.07 Å². The number of hydrogen-bond acceptors (Lipinski definition) is 4. The summed E-state index contributed by atoms with van der Waals surface area (Å²) in [5.41, 5.74) is 2.49. The molecule has 21 heavy (non-hydrogen) atoms. The summed E-state index contributed by atoms with van der Waals surface area (Å²) in [5, 5.41) is 12.5. The standard InChI is InChI=1S/C16H13BrN2O2/c1-10(11-3-5-15-16(6-11)21-9-20-15)19-14-7-13(17)4-2-12(14)8-18/h2-7,10,19H,9H2,1H3. The van der Waals surface area contributed by atoms with Crippen molar-refractivity contribution < 1.29 is 9.47 Å². The van der Waals surface area contributed by atoms with E-state index in [0.717, 1.165) is 27.2 Å². The Morgan fingerprint density at radius 1 is 1.19 bits per heavy atom. The number of nitrogens with zero attached hydrogens (tertiary/aromatic N) is 1. The molecule has 1 atom stereocenters. The Morgan fingerprint density at radius 3 is 2.81 bits per heavy atom. The van der Waals surface area contributed by atoms with Crippen LogP contribution in [0.2, 0.25) is 0 Å². The summed E-state index contributed by atoms with van der Waals surface area (Å²) >= 11 is 3.43. The highest BCUT2D eigenvalue weighted by molar-refractivity contribution is 9.10. The molecule has 1 unspecified atom stereocenters. The van der Waals surface area contributed by atoms with Crippen molar-refractivity contribution in [2.45, 2.75) is 13.0 Å². The van der Waals surface area contributed by atoms with Gasteiger partial charge in [-0.3, -0.25) is 0 Å². The Kier molecular flexibility index (Phi) is 3.72. The number of benzene rings is 2. The van der Waals surface area contributed by atoms with Gasteiger partial charge in [-0.15, -0.1) is 0 Å². The normalized spacial score (nSPS) is 13.6. The zero-order valence-corrected chi connectivity index (χ0v) is 13.0. The van der Waals surface area contributed by atoms with Gasteiger partial charge in [-0.2, -0.15) is 5.26 Å². The maximum atomic E-state index is 9.18. The van der Waals surface area contributed by atoms with Crippen LogP contribution >= 0.6 is 15.9 Å². The van der Waals surface area contributed by atoms with E-state index >= 15 is 0 Å². The number of rotatable bonds is 3. The maximum Gasteiger partial charge on any atom is 0.231 e. The van der Waals surface area contributed by atoms with Crippen molar-refractivity contribution in [1.29, 1.82) is 5.26 Å². The molecule has 4 nitrogen and oxygen atoms in total. The van der Waals surface area contributed by atoms with Gasteiger partial charge in [-0.05, 0) is 42.8 Å². The Labute approximate surface area is 131 Å². The van der Waals surface area contributed by atoms with E-state index in [1.165, 1.54) is 0 Å². The predicted octanol–water partition coefficient (Wildman–Crippen LogP) is 4.22. The van der Waals surface area contributed by atoms with Gasteiger partial charge in [0.25, 0.3) is 0 Å². The molecule has 1 heterocycles. The summed E-state index contributed by atoms with van der Waals surface area (Å²) in [6.45, 7) is 2.31. The first kappa shape index (κ1) is 13.8. The molecule has 0 amide bonds. The van der Waals surface area contributed by atoms with Gasteiger partial charge in [-0.25, -0.2) is 0 Å². The third kappa shape index (κ3) is 2.81. The Hall–Kier alpha value is -2.19. The largest absolute Gasteiger partial charge is 0.454 e. The number of ether oxygens (including phenoxy) is 2. The first-order valence-corrected chi connectivity index (χ1v) is 7.32. The second kappa shape index (κ2) is 5.66. The minimum absolute atomic E-state index is 0.0425. The van der Waals surface area contributed by atoms with Crippen molar-refractivity contribution >= 4 is 21.6 Å². The predicted molar refractivity (Wildman–Crippen MR) is 83.5 cm³/mol. The fraction of sp³-hybridized carbons (Fsp3) is 0.188. The molecule has 0 bridgehead atoms. The number of anilines is 1. The van der Waals surface area contributed by atoms with Gasteiger partial charge in [-0.1, -0.05) is 22.0 Å². The molecule has 106 valence electrons. The molecule has 3 rings (SSSR count). The number of nitriles is 1. The molecule has 1 aliphatic heterocycles. The summed E-state index contributed by atoms with van der Waals surface area (Å²) in [4.78, 5) is 0. The molecule has 0 fully saturated rings. The van der Waals surface area contributed by atoms with E-state index in [2.05, 4.69) is 27.3 Å². The van der Waals surface area contributed by atoms with E-state index < -0.39 is 0 Å². The van der Waals surface area contributed by atoms with Crippen molar-refractivity contribution in [2.75, 3.05) is 12.1 Å². The van der Waals surface area contributed by atoms with E-state index in [0.29, 0.717) is 5.56 Å². The smallest absolute Gasteiger partial charge is 0.231 e. The maximum absolute atomic E-state index is 9.18. The van der Waals surface area contributed by atoms with Crippen molar-refractivity contribution in [1.82, 2.24) is 0 Å². The van der Waals surface area contributed by atoms with Gasteiger partial charge < -0.3 is 14.8 Å². The van der Waals surface area contributed by atoms with Crippen molar-refractivity contribution in [2.24, 2.45) is 0 Å². The van der Waals surface area contributed by atoms with Crippen LogP contribution in [0.25, 0.3) is 0 Å². The number of fused-ring (bicyclic) bond motifs is 1. The van der Waals surface area contributed by atoms with Crippen LogP contribution in [-0.4, -0.2) is 6.79 Å². The number of halogens is 1. The lowest BCUT2D eigenvalue weighted by Gasteiger charge is -2.17. The zero-order valence-electron chi connectivity index (χ0n) is 11.4. The molecule has 0 radical (unpaired) electrons. The molecule has 1 aliphatic rings. The van der Waals surface area contributed by atoms with E-state index in [1.807, 2.05) is 37.3 Å². The summed E-state index contributed by atoms with van der Waals surface area (Å²) < 4.78 is 11.6. The fourth-order valence-corrected chi connectivity index (χ4v) is 2.59. The molecule has 0 aromatic heterocycles. The first-order valence-electron chi connectivity index (χ1n) is 6.53. The molecular formula is C16H13BrN2O2. The topological polar surface area (TPSA) is 54.3 Å². The van der Waals surface area contributed by atoms with Crippen LogP contribution in [0.3, 0.4) is 0 Å². The molecule has 2 aromatic carbocycles. The minimum atomic E-state index is 0.0425. The number of hydrogen-bond donors (Lipinski definition) is 1. The van der Waals surface area contributed by atoms with Crippen molar-refractivity contribution in [3.63, 3.8) is 0 Å². The third-order valence-electron chi connectivity index (χ3n) is 3.37. The molecule has 5 heteroatoms. The molecule has 0 saturated carbocycles. The zero-order chi connectivity index (χ0) is 14.8. The monoisotopic (exact) mass is 344 g/mol. The van der Waals surface area contributed by atoms with Gasteiger partial charge in [0.2, 0.25) is 6.79 Å². The lowest BCUT2D eigenvalue weighted by molar-refractivity contribution is 0.174. The summed E-state index contributed by atoms with van der Waals surface area (Å²) in [6.07, 6.45) is 0. The molecular weight excluding hydrogens is 332 g/mol. The Balaban J connectivity index is 1.85. The molecule has 0 saturated heterocycles. The van der Waals surface area contributed by atoms with Gasteiger partial charge in [0, 0.05) is 10.5 Å².